The number of amides is 11. The Bertz CT molecular complexity index is 1870. The SMILES string of the molecule is CCC(=O)NC(CCC(=O)CC(=O)CC(=O)CC(CNC(=O)CNC(=O)CN(CC(=O)NC)CC(=O)NC)C(=O)NCNC(=O)CN(CC(=O)NCC(=O)N(C)C)CC(=O)NCC(=O)N(C)C)C(=O)O. The van der Waals surface area contributed by atoms with Crippen LogP contribution in [0.4, 0.5) is 0 Å². The first kappa shape index (κ1) is 62.6. The summed E-state index contributed by atoms with van der Waals surface area (Å²) in [7, 11) is 8.56. The number of nitrogens with one attached hydrogen (secondary N) is 9. The molecule has 0 saturated carbocycles. The van der Waals surface area contributed by atoms with E-state index in [4.69, 9.17) is 0 Å². The molecule has 70 heavy (non-hydrogen) atoms. The molecule has 2 atom stereocenters. The van der Waals surface area contributed by atoms with Gasteiger partial charge in [0.1, 0.15) is 23.4 Å². The second-order valence-electron chi connectivity index (χ2n) is 15.9. The number of likely N-dealkylation sites (N-methyl/N-ethyl adjacent to an activating group) is 4. The van der Waals surface area contributed by atoms with Gasteiger partial charge in [-0.2, -0.15) is 0 Å². The Labute approximate surface area is 404 Å². The molecule has 0 aromatic carbocycles. The van der Waals surface area contributed by atoms with Crippen LogP contribution in [0, 0.1) is 5.92 Å². The lowest BCUT2D eigenvalue weighted by molar-refractivity contribution is -0.142. The molecule has 0 saturated heterocycles. The monoisotopic (exact) mass is 997 g/mol. The molecular formula is C41H67N13O16. The van der Waals surface area contributed by atoms with Crippen LogP contribution in [0.15, 0.2) is 0 Å². The predicted molar refractivity (Wildman–Crippen MR) is 243 cm³/mol. The maximum Gasteiger partial charge on any atom is 0.326 e. The molecule has 29 nitrogen and oxygen atoms in total. The van der Waals surface area contributed by atoms with Gasteiger partial charge in [-0.15, -0.1) is 0 Å². The third-order valence-electron chi connectivity index (χ3n) is 9.47. The van der Waals surface area contributed by atoms with Gasteiger partial charge in [-0.1, -0.05) is 6.92 Å². The third kappa shape index (κ3) is 29.4. The van der Waals surface area contributed by atoms with Gasteiger partial charge in [0.15, 0.2) is 0 Å². The van der Waals surface area contributed by atoms with Gasteiger partial charge in [0.2, 0.25) is 65.0 Å². The molecule has 392 valence electrons. The zero-order chi connectivity index (χ0) is 53.5. The van der Waals surface area contributed by atoms with Gasteiger partial charge in [0.05, 0.1) is 84.3 Å². The Morgan fingerprint density at radius 1 is 0.486 bits per heavy atom. The first-order valence-electron chi connectivity index (χ1n) is 21.7. The zero-order valence-corrected chi connectivity index (χ0v) is 40.5. The Kier molecular flexibility index (Phi) is 30.3. The van der Waals surface area contributed by atoms with E-state index in [9.17, 15) is 77.0 Å². The second kappa shape index (κ2) is 33.9. The Morgan fingerprint density at radius 2 is 0.914 bits per heavy atom. The molecule has 0 rings (SSSR count). The van der Waals surface area contributed by atoms with Gasteiger partial charge in [-0.05, 0) is 6.42 Å². The average Bonchev–Trinajstić information content (AvgIpc) is 3.28. The normalized spacial score (nSPS) is 11.4. The van der Waals surface area contributed by atoms with Gasteiger partial charge >= 0.3 is 5.97 Å². The number of Topliss-reactive ketones (excluding diaryl/α,β-unsaturated/α-hetero) is 3. The van der Waals surface area contributed by atoms with Crippen molar-refractivity contribution < 1.29 is 77.0 Å². The van der Waals surface area contributed by atoms with Gasteiger partial charge in [-0.3, -0.25) is 76.9 Å². The van der Waals surface area contributed by atoms with Crippen molar-refractivity contribution in [3.63, 3.8) is 0 Å². The van der Waals surface area contributed by atoms with E-state index in [1.165, 1.54) is 63.9 Å². The molecule has 0 heterocycles. The Balaban J connectivity index is 5.92. The highest BCUT2D eigenvalue weighted by Gasteiger charge is 2.27. The fourth-order valence-electron chi connectivity index (χ4n) is 5.51. The zero-order valence-electron chi connectivity index (χ0n) is 40.5. The number of carbonyl (C=O) groups excluding carboxylic acids is 14. The first-order valence-corrected chi connectivity index (χ1v) is 21.7. The summed E-state index contributed by atoms with van der Waals surface area (Å²) in [5.41, 5.74) is 0. The summed E-state index contributed by atoms with van der Waals surface area (Å²) in [5, 5.41) is 30.4. The molecule has 2 unspecified atom stereocenters. The van der Waals surface area contributed by atoms with Crippen molar-refractivity contribution in [2.24, 2.45) is 5.92 Å². The van der Waals surface area contributed by atoms with Crippen molar-refractivity contribution in [3.8, 4) is 0 Å². The number of hydrogen-bond donors (Lipinski definition) is 10. The Morgan fingerprint density at radius 3 is 1.34 bits per heavy atom. The van der Waals surface area contributed by atoms with Crippen molar-refractivity contribution in [2.75, 3.05) is 114 Å². The quantitative estimate of drug-likeness (QED) is 0.0208. The minimum Gasteiger partial charge on any atom is -0.480 e. The average molecular weight is 998 g/mol. The van der Waals surface area contributed by atoms with E-state index in [-0.39, 0.29) is 39.0 Å². The first-order chi connectivity index (χ1) is 32.8. The van der Waals surface area contributed by atoms with Crippen LogP contribution in [0.5, 0.6) is 0 Å². The van der Waals surface area contributed by atoms with E-state index in [1.807, 2.05) is 0 Å². The third-order valence-corrected chi connectivity index (χ3v) is 9.47. The molecule has 0 bridgehead atoms. The number of carbonyl (C=O) groups is 15. The number of carboxylic acids is 1. The van der Waals surface area contributed by atoms with Crippen molar-refractivity contribution in [1.82, 2.24) is 67.5 Å². The summed E-state index contributed by atoms with van der Waals surface area (Å²) in [4.78, 5) is 191. The summed E-state index contributed by atoms with van der Waals surface area (Å²) < 4.78 is 0. The standard InChI is InChI=1S/C41H67N13O16/c1-8-30(58)50-29(41(69)70)10-9-26(55)12-28(57)13-27(56)11-25(14-44-31(59)15-45-34(62)20-53(18-32(60)42-2)19-33(61)43-3)40(68)49-24-48-37(65)23-54(21-35(63)46-16-38(66)51(4)5)22-36(64)47-17-39(67)52(6)7/h25,29H,8-24H2,1-7H3,(H,42,60)(H,43,61)(H,44,59)(H,45,62)(H,46,63)(H,47,64)(H,48,65)(H,49,68)(H,50,58)(H,69,70). The molecule has 0 aromatic rings. The topological polar surface area (TPSA) is 398 Å². The van der Waals surface area contributed by atoms with Gasteiger partial charge in [0.25, 0.3) is 0 Å². The van der Waals surface area contributed by atoms with Crippen LogP contribution in [0.1, 0.15) is 45.4 Å². The summed E-state index contributed by atoms with van der Waals surface area (Å²) in [5.74, 6) is -12.6. The lowest BCUT2D eigenvalue weighted by Crippen LogP contribution is -2.50. The van der Waals surface area contributed by atoms with Crippen molar-refractivity contribution in [3.05, 3.63) is 0 Å². The van der Waals surface area contributed by atoms with E-state index >= 15 is 0 Å². The molecule has 11 amide bonds. The van der Waals surface area contributed by atoms with E-state index in [2.05, 4.69) is 47.9 Å². The molecule has 0 fully saturated rings. The number of nitrogens with zero attached hydrogens (tertiary/aromatic N) is 4. The summed E-state index contributed by atoms with van der Waals surface area (Å²) in [6.45, 7) is -4.01. The van der Waals surface area contributed by atoms with E-state index in [0.29, 0.717) is 0 Å². The highest BCUT2D eigenvalue weighted by atomic mass is 16.4. The fraction of sp³-hybridized carbons (Fsp3) is 0.634. The van der Waals surface area contributed by atoms with Crippen LogP contribution in [-0.4, -0.2) is 233 Å². The minimum atomic E-state index is -1.43. The van der Waals surface area contributed by atoms with Gasteiger partial charge in [-0.25, -0.2) is 4.79 Å². The molecule has 0 spiro atoms. The van der Waals surface area contributed by atoms with E-state index < -0.39 is 172 Å². The van der Waals surface area contributed by atoms with E-state index in [0.717, 1.165) is 4.90 Å². The highest BCUT2D eigenvalue weighted by molar-refractivity contribution is 6.08. The maximum absolute atomic E-state index is 13.4. The van der Waals surface area contributed by atoms with Crippen molar-refractivity contribution >= 4 is 88.3 Å². The molecule has 0 aliphatic heterocycles. The molecule has 10 N–H and O–H groups in total. The number of aliphatic carboxylic acids is 1. The molecular weight excluding hydrogens is 931 g/mol. The maximum atomic E-state index is 13.4. The largest absolute Gasteiger partial charge is 0.480 e. The summed E-state index contributed by atoms with van der Waals surface area (Å²) in [6.07, 6.45) is -3.08. The van der Waals surface area contributed by atoms with Crippen molar-refractivity contribution in [2.45, 2.75) is 51.5 Å². The van der Waals surface area contributed by atoms with Gasteiger partial charge < -0.3 is 62.8 Å². The number of ketones is 3. The lowest BCUT2D eigenvalue weighted by Gasteiger charge is -2.22. The summed E-state index contributed by atoms with van der Waals surface area (Å²) in [6, 6.07) is -1.40. The number of hydrogen-bond acceptors (Lipinski definition) is 17. The Hall–Kier alpha value is -7.43. The smallest absolute Gasteiger partial charge is 0.326 e. The second-order valence-corrected chi connectivity index (χ2v) is 15.9. The molecule has 0 aliphatic rings. The van der Waals surface area contributed by atoms with Crippen LogP contribution >= 0.6 is 0 Å². The number of carboxylic acid groups (broad SMARTS) is 1. The molecule has 29 heteroatoms. The van der Waals surface area contributed by atoms with Crippen LogP contribution in [0.25, 0.3) is 0 Å². The minimum absolute atomic E-state index is 0.0117. The highest BCUT2D eigenvalue weighted by Crippen LogP contribution is 2.09. The van der Waals surface area contributed by atoms with E-state index in [1.54, 1.807) is 0 Å². The van der Waals surface area contributed by atoms with Crippen LogP contribution in [-0.2, 0) is 71.9 Å². The van der Waals surface area contributed by atoms with Crippen LogP contribution < -0.4 is 47.9 Å². The van der Waals surface area contributed by atoms with Crippen LogP contribution in [0.3, 0.4) is 0 Å². The lowest BCUT2D eigenvalue weighted by atomic mass is 9.96. The molecule has 0 aliphatic carbocycles. The molecule has 0 radical (unpaired) electrons. The van der Waals surface area contributed by atoms with Crippen molar-refractivity contribution in [1.29, 1.82) is 0 Å². The predicted octanol–water partition coefficient (Wildman–Crippen LogP) is -7.83. The molecule has 0 aromatic heterocycles. The summed E-state index contributed by atoms with van der Waals surface area (Å²) >= 11 is 0. The van der Waals surface area contributed by atoms with Gasteiger partial charge in [0, 0.05) is 68.1 Å². The van der Waals surface area contributed by atoms with Crippen LogP contribution in [0.2, 0.25) is 0 Å². The number of rotatable bonds is 35. The fourth-order valence-corrected chi connectivity index (χ4v) is 5.51.